The standard InChI is InChI=1S/C17H13I/c1-12-9-10-16(13-5-4-6-14(18)11-13)17-8-3-2-7-15(12)17/h2-11H,1H3. The summed E-state index contributed by atoms with van der Waals surface area (Å²) in [6, 6.07) is 21.7. The van der Waals surface area contributed by atoms with Crippen molar-refractivity contribution in [2.24, 2.45) is 0 Å². The van der Waals surface area contributed by atoms with Crippen LogP contribution in [0.4, 0.5) is 0 Å². The van der Waals surface area contributed by atoms with Gasteiger partial charge in [-0.05, 0) is 69.1 Å². The highest BCUT2D eigenvalue weighted by Crippen LogP contribution is 2.31. The molecule has 3 aromatic rings. The molecule has 88 valence electrons. The van der Waals surface area contributed by atoms with E-state index in [1.165, 1.54) is 31.0 Å². The van der Waals surface area contributed by atoms with Gasteiger partial charge in [-0.25, -0.2) is 0 Å². The Morgan fingerprint density at radius 1 is 0.778 bits per heavy atom. The van der Waals surface area contributed by atoms with Crippen molar-refractivity contribution < 1.29 is 0 Å². The lowest BCUT2D eigenvalue weighted by Gasteiger charge is -2.09. The molecule has 0 aliphatic carbocycles. The second-order valence-corrected chi connectivity index (χ2v) is 5.73. The van der Waals surface area contributed by atoms with Crippen LogP contribution in [0, 0.1) is 10.5 Å². The van der Waals surface area contributed by atoms with Crippen LogP contribution in [0.2, 0.25) is 0 Å². The van der Waals surface area contributed by atoms with Crippen LogP contribution < -0.4 is 0 Å². The van der Waals surface area contributed by atoms with Gasteiger partial charge in [-0.3, -0.25) is 0 Å². The quantitative estimate of drug-likeness (QED) is 0.517. The summed E-state index contributed by atoms with van der Waals surface area (Å²) in [6.45, 7) is 2.17. The molecular formula is C17H13I. The molecule has 0 aliphatic rings. The highest BCUT2D eigenvalue weighted by Gasteiger charge is 2.05. The second-order valence-electron chi connectivity index (χ2n) is 4.49. The van der Waals surface area contributed by atoms with E-state index in [0.29, 0.717) is 0 Å². The van der Waals surface area contributed by atoms with Gasteiger partial charge < -0.3 is 0 Å². The molecular weight excluding hydrogens is 331 g/mol. The minimum absolute atomic E-state index is 1.27. The van der Waals surface area contributed by atoms with Gasteiger partial charge in [-0.1, -0.05) is 48.5 Å². The normalized spacial score (nSPS) is 10.8. The summed E-state index contributed by atoms with van der Waals surface area (Å²) in [5, 5.41) is 2.67. The Morgan fingerprint density at radius 3 is 2.33 bits per heavy atom. The van der Waals surface area contributed by atoms with Crippen LogP contribution in [-0.2, 0) is 0 Å². The number of aryl methyl sites for hydroxylation is 1. The van der Waals surface area contributed by atoms with Crippen molar-refractivity contribution in [3.05, 3.63) is 69.8 Å². The summed E-state index contributed by atoms with van der Waals surface area (Å²) >= 11 is 2.36. The number of benzene rings is 3. The zero-order valence-corrected chi connectivity index (χ0v) is 12.3. The van der Waals surface area contributed by atoms with Gasteiger partial charge in [0.25, 0.3) is 0 Å². The van der Waals surface area contributed by atoms with Crippen molar-refractivity contribution in [1.29, 1.82) is 0 Å². The highest BCUT2D eigenvalue weighted by molar-refractivity contribution is 14.1. The second kappa shape index (κ2) is 4.73. The zero-order chi connectivity index (χ0) is 12.5. The van der Waals surface area contributed by atoms with Gasteiger partial charge in [0, 0.05) is 3.57 Å². The molecule has 0 nitrogen and oxygen atoms in total. The Hall–Kier alpha value is -1.35. The average Bonchev–Trinajstić information content (AvgIpc) is 2.39. The first kappa shape index (κ1) is 11.7. The van der Waals surface area contributed by atoms with Crippen LogP contribution in [0.15, 0.2) is 60.7 Å². The lowest BCUT2D eigenvalue weighted by atomic mass is 9.96. The van der Waals surface area contributed by atoms with Crippen LogP contribution in [-0.4, -0.2) is 0 Å². The Kier molecular flexibility index (Phi) is 3.08. The van der Waals surface area contributed by atoms with Crippen molar-refractivity contribution in [3.63, 3.8) is 0 Å². The van der Waals surface area contributed by atoms with Gasteiger partial charge in [0.15, 0.2) is 0 Å². The van der Waals surface area contributed by atoms with Crippen LogP contribution >= 0.6 is 22.6 Å². The van der Waals surface area contributed by atoms with E-state index in [4.69, 9.17) is 0 Å². The first-order chi connectivity index (χ1) is 8.75. The van der Waals surface area contributed by atoms with Crippen LogP contribution in [0.1, 0.15) is 5.56 Å². The largest absolute Gasteiger partial charge is 0.0616 e. The number of hydrogen-bond donors (Lipinski definition) is 0. The van der Waals surface area contributed by atoms with Crippen molar-refractivity contribution in [1.82, 2.24) is 0 Å². The van der Waals surface area contributed by atoms with E-state index in [1.54, 1.807) is 0 Å². The minimum Gasteiger partial charge on any atom is -0.0616 e. The topological polar surface area (TPSA) is 0 Å². The van der Waals surface area contributed by atoms with E-state index < -0.39 is 0 Å². The molecule has 0 atom stereocenters. The number of hydrogen-bond acceptors (Lipinski definition) is 0. The van der Waals surface area contributed by atoms with Gasteiger partial charge in [-0.2, -0.15) is 0 Å². The summed E-state index contributed by atoms with van der Waals surface area (Å²) in [5.74, 6) is 0. The SMILES string of the molecule is Cc1ccc(-c2cccc(I)c2)c2ccccc12. The maximum atomic E-state index is 2.36. The Morgan fingerprint density at radius 2 is 1.56 bits per heavy atom. The monoisotopic (exact) mass is 344 g/mol. The maximum absolute atomic E-state index is 2.36. The summed E-state index contributed by atoms with van der Waals surface area (Å²) in [6.07, 6.45) is 0. The molecule has 0 N–H and O–H groups in total. The molecule has 0 saturated heterocycles. The third kappa shape index (κ3) is 2.03. The molecule has 3 aromatic carbocycles. The van der Waals surface area contributed by atoms with E-state index >= 15 is 0 Å². The molecule has 0 aliphatic heterocycles. The fraction of sp³-hybridized carbons (Fsp3) is 0.0588. The van der Waals surface area contributed by atoms with E-state index in [1.807, 2.05) is 0 Å². The third-order valence-corrected chi connectivity index (χ3v) is 3.95. The van der Waals surface area contributed by atoms with Crippen LogP contribution in [0.25, 0.3) is 21.9 Å². The van der Waals surface area contributed by atoms with Crippen molar-refractivity contribution in [2.75, 3.05) is 0 Å². The molecule has 0 heterocycles. The zero-order valence-electron chi connectivity index (χ0n) is 10.2. The summed E-state index contributed by atoms with van der Waals surface area (Å²) < 4.78 is 1.27. The van der Waals surface area contributed by atoms with E-state index in [9.17, 15) is 0 Å². The van der Waals surface area contributed by atoms with Gasteiger partial charge >= 0.3 is 0 Å². The average molecular weight is 344 g/mol. The molecule has 3 rings (SSSR count). The smallest absolute Gasteiger partial charge is 0.0136 e. The van der Waals surface area contributed by atoms with E-state index in [2.05, 4.69) is 90.2 Å². The lowest BCUT2D eigenvalue weighted by Crippen LogP contribution is -1.84. The summed E-state index contributed by atoms with van der Waals surface area (Å²) in [7, 11) is 0. The Labute approximate surface area is 121 Å². The lowest BCUT2D eigenvalue weighted by molar-refractivity contribution is 1.52. The molecule has 0 amide bonds. The molecule has 0 aromatic heterocycles. The highest BCUT2D eigenvalue weighted by atomic mass is 127. The molecule has 0 saturated carbocycles. The van der Waals surface area contributed by atoms with Gasteiger partial charge in [0.2, 0.25) is 0 Å². The minimum atomic E-state index is 1.27. The van der Waals surface area contributed by atoms with Gasteiger partial charge in [-0.15, -0.1) is 0 Å². The molecule has 18 heavy (non-hydrogen) atoms. The molecule has 0 radical (unpaired) electrons. The van der Waals surface area contributed by atoms with Crippen LogP contribution in [0.5, 0.6) is 0 Å². The first-order valence-electron chi connectivity index (χ1n) is 6.00. The Bertz CT molecular complexity index is 714. The summed E-state index contributed by atoms with van der Waals surface area (Å²) in [4.78, 5) is 0. The van der Waals surface area contributed by atoms with Gasteiger partial charge in [0.1, 0.15) is 0 Å². The van der Waals surface area contributed by atoms with Crippen molar-refractivity contribution in [3.8, 4) is 11.1 Å². The molecule has 0 fully saturated rings. The number of halogens is 1. The van der Waals surface area contributed by atoms with E-state index in [0.717, 1.165) is 0 Å². The molecule has 0 bridgehead atoms. The number of fused-ring (bicyclic) bond motifs is 1. The Balaban J connectivity index is 2.33. The third-order valence-electron chi connectivity index (χ3n) is 3.28. The van der Waals surface area contributed by atoms with E-state index in [-0.39, 0.29) is 0 Å². The fourth-order valence-electron chi connectivity index (χ4n) is 2.36. The molecule has 0 spiro atoms. The predicted octanol–water partition coefficient (Wildman–Crippen LogP) is 5.42. The van der Waals surface area contributed by atoms with Gasteiger partial charge in [0.05, 0.1) is 0 Å². The van der Waals surface area contributed by atoms with Crippen molar-refractivity contribution >= 4 is 33.4 Å². The maximum Gasteiger partial charge on any atom is 0.0136 e. The molecule has 1 heteroatoms. The fourth-order valence-corrected chi connectivity index (χ4v) is 2.90. The van der Waals surface area contributed by atoms with Crippen molar-refractivity contribution in [2.45, 2.75) is 6.92 Å². The number of rotatable bonds is 1. The first-order valence-corrected chi connectivity index (χ1v) is 7.08. The van der Waals surface area contributed by atoms with Crippen LogP contribution in [0.3, 0.4) is 0 Å². The predicted molar refractivity (Wildman–Crippen MR) is 86.8 cm³/mol. The summed E-state index contributed by atoms with van der Waals surface area (Å²) in [5.41, 5.74) is 3.94. The molecule has 0 unspecified atom stereocenters.